The zero-order valence-corrected chi connectivity index (χ0v) is 12.8. The van der Waals surface area contributed by atoms with Crippen molar-refractivity contribution in [2.45, 2.75) is 32.9 Å². The van der Waals surface area contributed by atoms with Crippen LogP contribution in [0.1, 0.15) is 25.5 Å². The predicted octanol–water partition coefficient (Wildman–Crippen LogP) is 3.51. The first-order chi connectivity index (χ1) is 9.81. The third-order valence-corrected chi connectivity index (χ3v) is 4.51. The number of fused-ring (bicyclic) bond motifs is 1. The first kappa shape index (κ1) is 13.9. The molecule has 0 radical (unpaired) electrons. The monoisotopic (exact) mass is 291 g/mol. The van der Waals surface area contributed by atoms with E-state index in [0.717, 1.165) is 31.3 Å². The Balaban J connectivity index is 1.78. The summed E-state index contributed by atoms with van der Waals surface area (Å²) in [6.45, 7) is 6.38. The third kappa shape index (κ3) is 2.70. The molecule has 1 aromatic carbocycles. The number of likely N-dealkylation sites (tertiary alicyclic amines) is 1. The fraction of sp³-hybridized carbons (Fsp3) is 0.562. The maximum absolute atomic E-state index is 5.86. The number of hydrogen-bond donors (Lipinski definition) is 0. The Kier molecular flexibility index (Phi) is 4.27. The van der Waals surface area contributed by atoms with Crippen LogP contribution in [0, 0.1) is 5.92 Å². The van der Waals surface area contributed by atoms with E-state index in [-0.39, 0.29) is 0 Å². The molecule has 2 aromatic rings. The Bertz CT molecular complexity index is 578. The number of aryl methyl sites for hydroxylation is 1. The Morgan fingerprint density at radius 3 is 3.00 bits per heavy atom. The first-order valence-electron chi connectivity index (χ1n) is 7.54. The van der Waals surface area contributed by atoms with Gasteiger partial charge < -0.3 is 0 Å². The summed E-state index contributed by atoms with van der Waals surface area (Å²) in [5.41, 5.74) is 2.47. The van der Waals surface area contributed by atoms with Crippen LogP contribution in [0.25, 0.3) is 10.9 Å². The van der Waals surface area contributed by atoms with Gasteiger partial charge in [0.2, 0.25) is 0 Å². The smallest absolute Gasteiger partial charge is 0.0843 e. The molecular formula is C16H22ClN3. The van der Waals surface area contributed by atoms with E-state index >= 15 is 0 Å². The Labute approximate surface area is 125 Å². The minimum Gasteiger partial charge on any atom is -0.297 e. The molecular weight excluding hydrogens is 270 g/mol. The summed E-state index contributed by atoms with van der Waals surface area (Å²) in [6, 6.07) is 8.55. The molecule has 1 unspecified atom stereocenters. The number of aromatic nitrogens is 2. The van der Waals surface area contributed by atoms with Gasteiger partial charge in [0.1, 0.15) is 0 Å². The highest BCUT2D eigenvalue weighted by molar-refractivity contribution is 6.17. The summed E-state index contributed by atoms with van der Waals surface area (Å²) in [5.74, 6) is 1.55. The van der Waals surface area contributed by atoms with E-state index in [4.69, 9.17) is 16.7 Å². The summed E-state index contributed by atoms with van der Waals surface area (Å²) in [5, 5.41) is 6.09. The highest BCUT2D eigenvalue weighted by Crippen LogP contribution is 2.24. The maximum atomic E-state index is 5.86. The maximum Gasteiger partial charge on any atom is 0.0843 e. The number of para-hydroxylation sites is 1. The molecule has 20 heavy (non-hydrogen) atoms. The minimum atomic E-state index is 0.770. The second kappa shape index (κ2) is 6.15. The molecule has 3 rings (SSSR count). The quantitative estimate of drug-likeness (QED) is 0.786. The molecule has 0 spiro atoms. The van der Waals surface area contributed by atoms with E-state index in [2.05, 4.69) is 40.8 Å². The average molecular weight is 292 g/mol. The molecule has 2 heterocycles. The number of nitrogens with zero attached hydrogens (tertiary/aromatic N) is 3. The highest BCUT2D eigenvalue weighted by Gasteiger charge is 2.23. The van der Waals surface area contributed by atoms with Crippen LogP contribution in [0.4, 0.5) is 0 Å². The average Bonchev–Trinajstić information content (AvgIpc) is 3.05. The van der Waals surface area contributed by atoms with Gasteiger partial charge in [0.15, 0.2) is 0 Å². The van der Waals surface area contributed by atoms with Crippen LogP contribution in [0.2, 0.25) is 0 Å². The summed E-state index contributed by atoms with van der Waals surface area (Å²) in [4.78, 5) is 2.52. The second-order valence-corrected chi connectivity index (χ2v) is 6.03. The Hall–Kier alpha value is -1.06. The van der Waals surface area contributed by atoms with Crippen molar-refractivity contribution >= 4 is 22.5 Å². The van der Waals surface area contributed by atoms with Crippen LogP contribution >= 0.6 is 11.6 Å². The number of alkyl halides is 1. The van der Waals surface area contributed by atoms with Crippen molar-refractivity contribution in [2.24, 2.45) is 5.92 Å². The van der Waals surface area contributed by atoms with Gasteiger partial charge in [0.05, 0.1) is 11.2 Å². The molecule has 4 heteroatoms. The molecule has 0 amide bonds. The molecule has 3 nitrogen and oxygen atoms in total. The summed E-state index contributed by atoms with van der Waals surface area (Å²) >= 11 is 5.86. The van der Waals surface area contributed by atoms with E-state index in [1.165, 1.54) is 36.1 Å². The van der Waals surface area contributed by atoms with Crippen LogP contribution in [0.3, 0.4) is 0 Å². The standard InChI is InChI=1S/C16H22ClN3/c1-2-20-16-6-4-3-5-14(16)15(18-20)12-19-10-8-13(11-19)7-9-17/h3-6,13H,2,7-12H2,1H3. The van der Waals surface area contributed by atoms with Gasteiger partial charge in [-0.25, -0.2) is 0 Å². The molecule has 0 aliphatic carbocycles. The molecule has 0 saturated carbocycles. The summed E-state index contributed by atoms with van der Waals surface area (Å²) < 4.78 is 2.11. The van der Waals surface area contributed by atoms with Gasteiger partial charge >= 0.3 is 0 Å². The fourth-order valence-corrected chi connectivity index (χ4v) is 3.52. The minimum absolute atomic E-state index is 0.770. The summed E-state index contributed by atoms with van der Waals surface area (Å²) in [6.07, 6.45) is 2.42. The third-order valence-electron chi connectivity index (χ3n) is 4.29. The topological polar surface area (TPSA) is 21.1 Å². The molecule has 1 aromatic heterocycles. The second-order valence-electron chi connectivity index (χ2n) is 5.65. The normalized spacial score (nSPS) is 20.0. The van der Waals surface area contributed by atoms with E-state index in [9.17, 15) is 0 Å². The van der Waals surface area contributed by atoms with E-state index < -0.39 is 0 Å². The van der Waals surface area contributed by atoms with Gasteiger partial charge in [0.25, 0.3) is 0 Å². The van der Waals surface area contributed by atoms with E-state index in [1.54, 1.807) is 0 Å². The zero-order valence-electron chi connectivity index (χ0n) is 12.1. The van der Waals surface area contributed by atoms with Gasteiger partial charge in [-0.3, -0.25) is 9.58 Å². The molecule has 0 bridgehead atoms. The number of hydrogen-bond acceptors (Lipinski definition) is 2. The number of benzene rings is 1. The van der Waals surface area contributed by atoms with Crippen LogP contribution in [0.15, 0.2) is 24.3 Å². The fourth-order valence-electron chi connectivity index (χ4n) is 3.21. The van der Waals surface area contributed by atoms with Crippen molar-refractivity contribution in [1.29, 1.82) is 0 Å². The van der Waals surface area contributed by atoms with Crippen LogP contribution in [-0.2, 0) is 13.1 Å². The van der Waals surface area contributed by atoms with E-state index in [0.29, 0.717) is 0 Å². The molecule has 1 aliphatic heterocycles. The first-order valence-corrected chi connectivity index (χ1v) is 8.08. The van der Waals surface area contributed by atoms with Crippen molar-refractivity contribution in [1.82, 2.24) is 14.7 Å². The van der Waals surface area contributed by atoms with Crippen LogP contribution < -0.4 is 0 Å². The molecule has 0 N–H and O–H groups in total. The van der Waals surface area contributed by atoms with Crippen molar-refractivity contribution in [3.05, 3.63) is 30.0 Å². The van der Waals surface area contributed by atoms with Crippen molar-refractivity contribution in [3.8, 4) is 0 Å². The predicted molar refractivity (Wildman–Crippen MR) is 84.1 cm³/mol. The van der Waals surface area contributed by atoms with Crippen molar-refractivity contribution in [3.63, 3.8) is 0 Å². The van der Waals surface area contributed by atoms with Gasteiger partial charge in [-0.05, 0) is 38.3 Å². The molecule has 1 aliphatic rings. The van der Waals surface area contributed by atoms with Gasteiger partial charge in [-0.1, -0.05) is 18.2 Å². The largest absolute Gasteiger partial charge is 0.297 e. The Morgan fingerprint density at radius 2 is 2.20 bits per heavy atom. The lowest BCUT2D eigenvalue weighted by atomic mass is 10.1. The van der Waals surface area contributed by atoms with Gasteiger partial charge in [-0.15, -0.1) is 11.6 Å². The molecule has 1 fully saturated rings. The van der Waals surface area contributed by atoms with Crippen molar-refractivity contribution < 1.29 is 0 Å². The lowest BCUT2D eigenvalue weighted by Crippen LogP contribution is -2.20. The zero-order chi connectivity index (χ0) is 13.9. The number of rotatable bonds is 5. The van der Waals surface area contributed by atoms with Crippen LogP contribution in [-0.4, -0.2) is 33.6 Å². The summed E-state index contributed by atoms with van der Waals surface area (Å²) in [7, 11) is 0. The van der Waals surface area contributed by atoms with Crippen LogP contribution in [0.5, 0.6) is 0 Å². The molecule has 1 atom stereocenters. The van der Waals surface area contributed by atoms with Gasteiger partial charge in [0, 0.05) is 30.9 Å². The van der Waals surface area contributed by atoms with E-state index in [1.807, 2.05) is 0 Å². The molecule has 108 valence electrons. The number of halogens is 1. The Morgan fingerprint density at radius 1 is 1.35 bits per heavy atom. The van der Waals surface area contributed by atoms with Crippen molar-refractivity contribution in [2.75, 3.05) is 19.0 Å². The SMILES string of the molecule is CCn1nc(CN2CCC(CCCl)C2)c2ccccc21. The lowest BCUT2D eigenvalue weighted by molar-refractivity contribution is 0.311. The molecule has 1 saturated heterocycles. The highest BCUT2D eigenvalue weighted by atomic mass is 35.5. The van der Waals surface area contributed by atoms with Gasteiger partial charge in [-0.2, -0.15) is 5.10 Å². The lowest BCUT2D eigenvalue weighted by Gasteiger charge is -2.14.